The zero-order valence-corrected chi connectivity index (χ0v) is 9.03. The Kier molecular flexibility index (Phi) is 4.68. The molecule has 0 radical (unpaired) electrons. The number of hydrogen-bond donors (Lipinski definition) is 1. The molecule has 0 aliphatic carbocycles. The molecule has 1 aromatic rings. The first-order valence-electron chi connectivity index (χ1n) is 5.27. The van der Waals surface area contributed by atoms with E-state index < -0.39 is 5.91 Å². The molecule has 82 valence electrons. The van der Waals surface area contributed by atoms with Gasteiger partial charge in [-0.3, -0.25) is 4.79 Å². The summed E-state index contributed by atoms with van der Waals surface area (Å²) in [4.78, 5) is 11.1. The Bertz CT molecular complexity index is 323. The molecule has 0 saturated heterocycles. The Morgan fingerprint density at radius 3 is 2.73 bits per heavy atom. The average molecular weight is 207 g/mol. The van der Waals surface area contributed by atoms with Crippen LogP contribution in [0.3, 0.4) is 0 Å². The largest absolute Gasteiger partial charge is 0.493 e. The number of unbranched alkanes of at least 4 members (excludes halogenated alkanes) is 2. The van der Waals surface area contributed by atoms with E-state index in [9.17, 15) is 4.79 Å². The maximum Gasteiger partial charge on any atom is 0.252 e. The van der Waals surface area contributed by atoms with Gasteiger partial charge < -0.3 is 10.5 Å². The monoisotopic (exact) mass is 207 g/mol. The number of amides is 1. The zero-order valence-electron chi connectivity index (χ0n) is 9.03. The third kappa shape index (κ3) is 3.62. The van der Waals surface area contributed by atoms with Gasteiger partial charge >= 0.3 is 0 Å². The second kappa shape index (κ2) is 6.06. The lowest BCUT2D eigenvalue weighted by molar-refractivity contribution is 0.0996. The maximum atomic E-state index is 11.1. The zero-order chi connectivity index (χ0) is 11.1. The molecule has 0 heterocycles. The van der Waals surface area contributed by atoms with Gasteiger partial charge in [-0.15, -0.1) is 0 Å². The number of nitrogens with two attached hydrogens (primary N) is 1. The van der Waals surface area contributed by atoms with Crippen molar-refractivity contribution in [1.82, 2.24) is 0 Å². The highest BCUT2D eigenvalue weighted by atomic mass is 16.5. The molecule has 1 aromatic carbocycles. The van der Waals surface area contributed by atoms with Gasteiger partial charge in [-0.05, 0) is 18.6 Å². The van der Waals surface area contributed by atoms with Crippen molar-refractivity contribution in [3.8, 4) is 5.75 Å². The highest BCUT2D eigenvalue weighted by Gasteiger charge is 2.07. The summed E-state index contributed by atoms with van der Waals surface area (Å²) in [5.41, 5.74) is 5.68. The van der Waals surface area contributed by atoms with Crippen LogP contribution in [0.2, 0.25) is 0 Å². The summed E-state index contributed by atoms with van der Waals surface area (Å²) in [6.07, 6.45) is 3.29. The number of hydrogen-bond acceptors (Lipinski definition) is 2. The van der Waals surface area contributed by atoms with Crippen LogP contribution in [0.15, 0.2) is 24.3 Å². The summed E-state index contributed by atoms with van der Waals surface area (Å²) in [7, 11) is 0. The predicted molar refractivity (Wildman–Crippen MR) is 60.0 cm³/mol. The lowest BCUT2D eigenvalue weighted by Gasteiger charge is -2.08. The molecular formula is C12H17NO2. The molecule has 0 fully saturated rings. The Morgan fingerprint density at radius 1 is 1.33 bits per heavy atom. The molecule has 0 spiro atoms. The Balaban J connectivity index is 2.56. The first-order valence-corrected chi connectivity index (χ1v) is 5.27. The maximum absolute atomic E-state index is 11.1. The number of carbonyl (C=O) groups is 1. The van der Waals surface area contributed by atoms with Gasteiger partial charge in [0.25, 0.3) is 5.91 Å². The van der Waals surface area contributed by atoms with E-state index in [4.69, 9.17) is 10.5 Å². The summed E-state index contributed by atoms with van der Waals surface area (Å²) in [6, 6.07) is 7.06. The number of ether oxygens (including phenoxy) is 1. The van der Waals surface area contributed by atoms with Crippen molar-refractivity contribution in [2.75, 3.05) is 6.61 Å². The number of benzene rings is 1. The van der Waals surface area contributed by atoms with Crippen LogP contribution >= 0.6 is 0 Å². The van der Waals surface area contributed by atoms with Gasteiger partial charge in [-0.25, -0.2) is 0 Å². The summed E-state index contributed by atoms with van der Waals surface area (Å²) in [5, 5.41) is 0. The number of carbonyl (C=O) groups excluding carboxylic acids is 1. The van der Waals surface area contributed by atoms with Crippen molar-refractivity contribution >= 4 is 5.91 Å². The first kappa shape index (κ1) is 11.6. The predicted octanol–water partition coefficient (Wildman–Crippen LogP) is 2.35. The van der Waals surface area contributed by atoms with Crippen molar-refractivity contribution in [2.45, 2.75) is 26.2 Å². The normalized spacial score (nSPS) is 9.93. The molecule has 1 rings (SSSR count). The molecule has 0 atom stereocenters. The lowest BCUT2D eigenvalue weighted by atomic mass is 10.2. The van der Waals surface area contributed by atoms with E-state index in [1.54, 1.807) is 18.2 Å². The Hall–Kier alpha value is -1.51. The Morgan fingerprint density at radius 2 is 2.07 bits per heavy atom. The average Bonchev–Trinajstić information content (AvgIpc) is 2.25. The minimum Gasteiger partial charge on any atom is -0.493 e. The molecule has 0 aliphatic rings. The summed E-state index contributed by atoms with van der Waals surface area (Å²) in [5.74, 6) is 0.141. The third-order valence-corrected chi connectivity index (χ3v) is 2.16. The molecular weight excluding hydrogens is 190 g/mol. The number of para-hydroxylation sites is 1. The second-order valence-corrected chi connectivity index (χ2v) is 3.42. The van der Waals surface area contributed by atoms with Crippen LogP contribution in [0.5, 0.6) is 5.75 Å². The molecule has 1 amide bonds. The van der Waals surface area contributed by atoms with Crippen molar-refractivity contribution in [1.29, 1.82) is 0 Å². The molecule has 2 N–H and O–H groups in total. The van der Waals surface area contributed by atoms with Crippen LogP contribution in [0, 0.1) is 0 Å². The van der Waals surface area contributed by atoms with Crippen LogP contribution in [0.4, 0.5) is 0 Å². The van der Waals surface area contributed by atoms with E-state index >= 15 is 0 Å². The third-order valence-electron chi connectivity index (χ3n) is 2.16. The van der Waals surface area contributed by atoms with Crippen LogP contribution in [0.25, 0.3) is 0 Å². The molecule has 3 nitrogen and oxygen atoms in total. The minimum absolute atomic E-state index is 0.443. The molecule has 0 aromatic heterocycles. The van der Waals surface area contributed by atoms with Gasteiger partial charge in [0.1, 0.15) is 5.75 Å². The standard InChI is InChI=1S/C12H17NO2/c1-2-3-6-9-15-11-8-5-4-7-10(11)12(13)14/h4-5,7-8H,2-3,6,9H2,1H3,(H2,13,14). The van der Waals surface area contributed by atoms with Gasteiger partial charge in [0.2, 0.25) is 0 Å². The highest BCUT2D eigenvalue weighted by molar-refractivity contribution is 5.95. The molecule has 0 saturated carbocycles. The molecule has 0 aliphatic heterocycles. The van der Waals surface area contributed by atoms with E-state index in [0.29, 0.717) is 17.9 Å². The van der Waals surface area contributed by atoms with Gasteiger partial charge in [0, 0.05) is 0 Å². The van der Waals surface area contributed by atoms with Crippen molar-refractivity contribution in [2.24, 2.45) is 5.73 Å². The fraction of sp³-hybridized carbons (Fsp3) is 0.417. The first-order chi connectivity index (χ1) is 7.25. The number of rotatable bonds is 6. The van der Waals surface area contributed by atoms with E-state index in [1.807, 2.05) is 6.07 Å². The molecule has 3 heteroatoms. The minimum atomic E-state index is -0.443. The number of primary amides is 1. The fourth-order valence-corrected chi connectivity index (χ4v) is 1.33. The van der Waals surface area contributed by atoms with Crippen LogP contribution in [-0.2, 0) is 0 Å². The fourth-order valence-electron chi connectivity index (χ4n) is 1.33. The van der Waals surface area contributed by atoms with Crippen molar-refractivity contribution < 1.29 is 9.53 Å². The summed E-state index contributed by atoms with van der Waals surface area (Å²) < 4.78 is 5.50. The van der Waals surface area contributed by atoms with E-state index in [0.717, 1.165) is 19.3 Å². The van der Waals surface area contributed by atoms with Crippen LogP contribution in [0.1, 0.15) is 36.5 Å². The van der Waals surface area contributed by atoms with Crippen LogP contribution in [-0.4, -0.2) is 12.5 Å². The highest BCUT2D eigenvalue weighted by Crippen LogP contribution is 2.17. The molecule has 0 unspecified atom stereocenters. The second-order valence-electron chi connectivity index (χ2n) is 3.42. The van der Waals surface area contributed by atoms with E-state index in [1.165, 1.54) is 0 Å². The van der Waals surface area contributed by atoms with Gasteiger partial charge in [0.05, 0.1) is 12.2 Å². The summed E-state index contributed by atoms with van der Waals surface area (Å²) >= 11 is 0. The summed E-state index contributed by atoms with van der Waals surface area (Å²) in [6.45, 7) is 2.77. The van der Waals surface area contributed by atoms with Crippen LogP contribution < -0.4 is 10.5 Å². The van der Waals surface area contributed by atoms with E-state index in [-0.39, 0.29) is 0 Å². The topological polar surface area (TPSA) is 52.3 Å². The SMILES string of the molecule is CCCCCOc1ccccc1C(N)=O. The van der Waals surface area contributed by atoms with Gasteiger partial charge in [0.15, 0.2) is 0 Å². The smallest absolute Gasteiger partial charge is 0.252 e. The van der Waals surface area contributed by atoms with E-state index in [2.05, 4.69) is 6.92 Å². The van der Waals surface area contributed by atoms with Gasteiger partial charge in [-0.2, -0.15) is 0 Å². The molecule has 15 heavy (non-hydrogen) atoms. The lowest BCUT2D eigenvalue weighted by Crippen LogP contribution is -2.13. The quantitative estimate of drug-likeness (QED) is 0.728. The van der Waals surface area contributed by atoms with Crippen molar-refractivity contribution in [3.63, 3.8) is 0 Å². The molecule has 0 bridgehead atoms. The van der Waals surface area contributed by atoms with Gasteiger partial charge in [-0.1, -0.05) is 31.9 Å². The Labute approximate surface area is 90.2 Å². The van der Waals surface area contributed by atoms with Crippen molar-refractivity contribution in [3.05, 3.63) is 29.8 Å².